The van der Waals surface area contributed by atoms with Gasteiger partial charge in [-0.25, -0.2) is 4.39 Å². The third kappa shape index (κ3) is 2.01. The summed E-state index contributed by atoms with van der Waals surface area (Å²) in [4.78, 5) is 2.96. The molecule has 15 heavy (non-hydrogen) atoms. The number of aromatic amines is 1. The summed E-state index contributed by atoms with van der Waals surface area (Å²) in [7, 11) is 0. The van der Waals surface area contributed by atoms with Crippen molar-refractivity contribution < 1.29 is 4.39 Å². The number of benzene rings is 1. The van der Waals surface area contributed by atoms with Gasteiger partial charge in [-0.1, -0.05) is 23.2 Å². The molecule has 0 aliphatic rings. The molecule has 0 aliphatic carbocycles. The predicted octanol–water partition coefficient (Wildman–Crippen LogP) is 4.44. The van der Waals surface area contributed by atoms with Gasteiger partial charge in [0.25, 0.3) is 0 Å². The molecule has 0 radical (unpaired) electrons. The fourth-order valence-electron chi connectivity index (χ4n) is 1.41. The average molecular weight is 244 g/mol. The molecule has 1 heterocycles. The van der Waals surface area contributed by atoms with Crippen LogP contribution >= 0.6 is 23.2 Å². The summed E-state index contributed by atoms with van der Waals surface area (Å²) in [5.74, 6) is -0.456. The van der Waals surface area contributed by atoms with E-state index < -0.39 is 5.82 Å². The Hall–Kier alpha value is -0.990. The molecule has 1 aromatic carbocycles. The first-order chi connectivity index (χ1) is 7.08. The molecule has 4 heteroatoms. The Balaban J connectivity index is 2.62. The number of nitrogens with one attached hydrogen (secondary N) is 1. The van der Waals surface area contributed by atoms with Gasteiger partial charge in [0.15, 0.2) is 5.82 Å². The number of rotatable bonds is 1. The van der Waals surface area contributed by atoms with E-state index in [1.54, 1.807) is 12.3 Å². The first-order valence-electron chi connectivity index (χ1n) is 4.38. The van der Waals surface area contributed by atoms with Crippen molar-refractivity contribution in [2.45, 2.75) is 6.92 Å². The highest BCUT2D eigenvalue weighted by atomic mass is 35.5. The summed E-state index contributed by atoms with van der Waals surface area (Å²) in [6, 6.07) is 4.77. The number of aryl methyl sites for hydroxylation is 1. The molecule has 0 amide bonds. The first kappa shape index (κ1) is 10.5. The zero-order valence-electron chi connectivity index (χ0n) is 7.94. The van der Waals surface area contributed by atoms with Gasteiger partial charge in [-0.05, 0) is 30.7 Å². The van der Waals surface area contributed by atoms with Crippen LogP contribution in [0.2, 0.25) is 10.0 Å². The maximum absolute atomic E-state index is 13.7. The molecule has 0 spiro atoms. The minimum atomic E-state index is -0.456. The van der Waals surface area contributed by atoms with Crippen LogP contribution in [0.25, 0.3) is 11.3 Å². The van der Waals surface area contributed by atoms with Crippen LogP contribution in [0, 0.1) is 12.7 Å². The average Bonchev–Trinajstić information content (AvgIpc) is 2.58. The first-order valence-corrected chi connectivity index (χ1v) is 5.13. The minimum absolute atomic E-state index is 0.0322. The minimum Gasteiger partial charge on any atom is -0.361 e. The Morgan fingerprint density at radius 2 is 1.93 bits per heavy atom. The summed E-state index contributed by atoms with van der Waals surface area (Å²) < 4.78 is 13.7. The molecule has 1 nitrogen and oxygen atoms in total. The normalized spacial score (nSPS) is 10.7. The quantitative estimate of drug-likeness (QED) is 0.714. The molecule has 0 bridgehead atoms. The summed E-state index contributed by atoms with van der Waals surface area (Å²) in [5.41, 5.74) is 2.09. The van der Waals surface area contributed by atoms with Crippen LogP contribution in [-0.4, -0.2) is 4.98 Å². The van der Waals surface area contributed by atoms with Crippen molar-refractivity contribution in [1.82, 2.24) is 4.98 Å². The Morgan fingerprint density at radius 1 is 1.20 bits per heavy atom. The molecule has 0 saturated heterocycles. The SMILES string of the molecule is Cc1c[nH]c(-c2cc(Cl)cc(Cl)c2F)c1. The molecule has 0 atom stereocenters. The van der Waals surface area contributed by atoms with Gasteiger partial charge in [0.1, 0.15) is 0 Å². The summed E-state index contributed by atoms with van der Waals surface area (Å²) in [5, 5.41) is 0.452. The monoisotopic (exact) mass is 243 g/mol. The Kier molecular flexibility index (Phi) is 2.72. The molecule has 0 fully saturated rings. The Bertz CT molecular complexity index is 505. The molecular weight excluding hydrogens is 236 g/mol. The van der Waals surface area contributed by atoms with Gasteiger partial charge in [0.2, 0.25) is 0 Å². The van der Waals surface area contributed by atoms with Gasteiger partial charge in [-0.15, -0.1) is 0 Å². The van der Waals surface area contributed by atoms with Crippen LogP contribution in [0.15, 0.2) is 24.4 Å². The topological polar surface area (TPSA) is 15.8 Å². The van der Waals surface area contributed by atoms with Gasteiger partial charge in [0, 0.05) is 22.5 Å². The molecule has 0 saturated carbocycles. The lowest BCUT2D eigenvalue weighted by molar-refractivity contribution is 0.631. The number of aromatic nitrogens is 1. The van der Waals surface area contributed by atoms with Crippen molar-refractivity contribution in [3.63, 3.8) is 0 Å². The van der Waals surface area contributed by atoms with Crippen LogP contribution in [-0.2, 0) is 0 Å². The summed E-state index contributed by atoms with van der Waals surface area (Å²) >= 11 is 11.5. The molecule has 1 N–H and O–H groups in total. The Morgan fingerprint density at radius 3 is 2.53 bits per heavy atom. The zero-order chi connectivity index (χ0) is 11.0. The van der Waals surface area contributed by atoms with Crippen LogP contribution in [0.3, 0.4) is 0 Å². The van der Waals surface area contributed by atoms with Gasteiger partial charge < -0.3 is 4.98 Å². The van der Waals surface area contributed by atoms with E-state index in [4.69, 9.17) is 23.2 Å². The number of hydrogen-bond acceptors (Lipinski definition) is 0. The van der Waals surface area contributed by atoms with E-state index in [-0.39, 0.29) is 5.02 Å². The molecule has 0 unspecified atom stereocenters. The second-order valence-corrected chi connectivity index (χ2v) is 4.18. The van der Waals surface area contributed by atoms with E-state index in [9.17, 15) is 4.39 Å². The van der Waals surface area contributed by atoms with Crippen molar-refractivity contribution >= 4 is 23.2 Å². The fourth-order valence-corrected chi connectivity index (χ4v) is 1.90. The van der Waals surface area contributed by atoms with Crippen LogP contribution in [0.5, 0.6) is 0 Å². The van der Waals surface area contributed by atoms with E-state index in [0.717, 1.165) is 5.56 Å². The van der Waals surface area contributed by atoms with Crippen molar-refractivity contribution in [3.05, 3.63) is 45.8 Å². The molecule has 0 aliphatic heterocycles. The van der Waals surface area contributed by atoms with Crippen LogP contribution in [0.4, 0.5) is 4.39 Å². The highest BCUT2D eigenvalue weighted by Crippen LogP contribution is 2.30. The largest absolute Gasteiger partial charge is 0.361 e. The predicted molar refractivity (Wildman–Crippen MR) is 60.9 cm³/mol. The number of hydrogen-bond donors (Lipinski definition) is 1. The summed E-state index contributed by atoms with van der Waals surface area (Å²) in [6.07, 6.45) is 1.80. The Labute approximate surface area is 96.8 Å². The lowest BCUT2D eigenvalue weighted by Crippen LogP contribution is -1.86. The van der Waals surface area contributed by atoms with Gasteiger partial charge in [0.05, 0.1) is 5.02 Å². The third-order valence-electron chi connectivity index (χ3n) is 2.11. The van der Waals surface area contributed by atoms with Crippen molar-refractivity contribution in [1.29, 1.82) is 0 Å². The standard InChI is InChI=1S/C11H8Cl2FN/c1-6-2-10(15-5-6)8-3-7(12)4-9(13)11(8)14/h2-5,15H,1H3. The molecular formula is C11H8Cl2FN. The van der Waals surface area contributed by atoms with Crippen molar-refractivity contribution in [2.24, 2.45) is 0 Å². The van der Waals surface area contributed by atoms with Gasteiger partial charge >= 0.3 is 0 Å². The number of H-pyrrole nitrogens is 1. The van der Waals surface area contributed by atoms with Gasteiger partial charge in [-0.2, -0.15) is 0 Å². The highest BCUT2D eigenvalue weighted by molar-refractivity contribution is 6.35. The molecule has 2 aromatic rings. The fraction of sp³-hybridized carbons (Fsp3) is 0.0909. The van der Waals surface area contributed by atoms with Crippen molar-refractivity contribution in [2.75, 3.05) is 0 Å². The smallest absolute Gasteiger partial charge is 0.151 e. The van der Waals surface area contributed by atoms with Crippen LogP contribution < -0.4 is 0 Å². The van der Waals surface area contributed by atoms with E-state index in [1.807, 2.05) is 13.0 Å². The summed E-state index contributed by atoms with van der Waals surface area (Å²) in [6.45, 7) is 1.92. The van der Waals surface area contributed by atoms with E-state index in [0.29, 0.717) is 16.3 Å². The number of halogens is 3. The second-order valence-electron chi connectivity index (χ2n) is 3.34. The maximum Gasteiger partial charge on any atom is 0.151 e. The van der Waals surface area contributed by atoms with E-state index >= 15 is 0 Å². The zero-order valence-corrected chi connectivity index (χ0v) is 9.46. The molecule has 1 aromatic heterocycles. The van der Waals surface area contributed by atoms with E-state index in [2.05, 4.69) is 4.98 Å². The lowest BCUT2D eigenvalue weighted by atomic mass is 10.1. The van der Waals surface area contributed by atoms with E-state index in [1.165, 1.54) is 6.07 Å². The second kappa shape index (κ2) is 3.87. The lowest BCUT2D eigenvalue weighted by Gasteiger charge is -2.03. The van der Waals surface area contributed by atoms with Gasteiger partial charge in [-0.3, -0.25) is 0 Å². The molecule has 2 rings (SSSR count). The molecule has 78 valence electrons. The third-order valence-corrected chi connectivity index (χ3v) is 2.60. The van der Waals surface area contributed by atoms with Crippen molar-refractivity contribution in [3.8, 4) is 11.3 Å². The highest BCUT2D eigenvalue weighted by Gasteiger charge is 2.11. The maximum atomic E-state index is 13.7. The van der Waals surface area contributed by atoms with Crippen LogP contribution in [0.1, 0.15) is 5.56 Å².